The van der Waals surface area contributed by atoms with Gasteiger partial charge in [-0.25, -0.2) is 0 Å². The second-order valence-electron chi connectivity index (χ2n) is 6.17. The number of halogens is 1. The summed E-state index contributed by atoms with van der Waals surface area (Å²) in [6.45, 7) is 8.47. The Kier molecular flexibility index (Phi) is 9.43. The third kappa shape index (κ3) is 6.12. The zero-order valence-electron chi connectivity index (χ0n) is 14.8. The van der Waals surface area contributed by atoms with Crippen molar-refractivity contribution < 1.29 is 9.47 Å². The SMILES string of the molecule is CCOC(CCN=C(N)NC1CCOc2ccccc21)C(C)C.I. The van der Waals surface area contributed by atoms with Crippen molar-refractivity contribution in [3.05, 3.63) is 29.8 Å². The monoisotopic (exact) mass is 447 g/mol. The maximum absolute atomic E-state index is 6.06. The molecule has 2 unspecified atom stereocenters. The van der Waals surface area contributed by atoms with E-state index >= 15 is 0 Å². The fourth-order valence-corrected chi connectivity index (χ4v) is 2.85. The number of aliphatic imine (C=N–C) groups is 1. The van der Waals surface area contributed by atoms with Crippen LogP contribution < -0.4 is 15.8 Å². The molecule has 0 aromatic heterocycles. The van der Waals surface area contributed by atoms with Gasteiger partial charge in [-0.1, -0.05) is 32.0 Å². The number of para-hydroxylation sites is 1. The second kappa shape index (κ2) is 10.8. The highest BCUT2D eigenvalue weighted by molar-refractivity contribution is 14.0. The van der Waals surface area contributed by atoms with Crippen LogP contribution in [-0.4, -0.2) is 31.8 Å². The molecular weight excluding hydrogens is 417 g/mol. The quantitative estimate of drug-likeness (QED) is 0.382. The van der Waals surface area contributed by atoms with Crippen LogP contribution in [0.15, 0.2) is 29.3 Å². The van der Waals surface area contributed by atoms with Gasteiger partial charge >= 0.3 is 0 Å². The summed E-state index contributed by atoms with van der Waals surface area (Å²) in [5, 5.41) is 3.32. The van der Waals surface area contributed by atoms with Crippen LogP contribution in [0.25, 0.3) is 0 Å². The molecule has 1 aromatic carbocycles. The van der Waals surface area contributed by atoms with Gasteiger partial charge in [-0.15, -0.1) is 24.0 Å². The van der Waals surface area contributed by atoms with Gasteiger partial charge in [-0.2, -0.15) is 0 Å². The van der Waals surface area contributed by atoms with Crippen molar-refractivity contribution in [2.45, 2.75) is 45.8 Å². The van der Waals surface area contributed by atoms with Crippen molar-refractivity contribution >= 4 is 29.9 Å². The number of guanidine groups is 1. The van der Waals surface area contributed by atoms with Gasteiger partial charge in [0.25, 0.3) is 0 Å². The van der Waals surface area contributed by atoms with Gasteiger partial charge in [0, 0.05) is 25.1 Å². The van der Waals surface area contributed by atoms with Gasteiger partial charge in [0.05, 0.1) is 18.8 Å². The predicted molar refractivity (Wildman–Crippen MR) is 109 cm³/mol. The highest BCUT2D eigenvalue weighted by atomic mass is 127. The standard InChI is InChI=1S/C18H29N3O2.HI/c1-4-22-16(13(2)3)9-11-20-18(19)21-15-10-12-23-17-8-6-5-7-14(15)17;/h5-8,13,15-16H,4,9-12H2,1-3H3,(H3,19,20,21);1H. The van der Waals surface area contributed by atoms with E-state index in [1.165, 1.54) is 0 Å². The van der Waals surface area contributed by atoms with Crippen LogP contribution in [0.5, 0.6) is 5.75 Å². The summed E-state index contributed by atoms with van der Waals surface area (Å²) >= 11 is 0. The van der Waals surface area contributed by atoms with Crippen LogP contribution in [0.3, 0.4) is 0 Å². The third-order valence-corrected chi connectivity index (χ3v) is 4.10. The molecule has 1 heterocycles. The number of ether oxygens (including phenoxy) is 2. The molecule has 1 aliphatic heterocycles. The predicted octanol–water partition coefficient (Wildman–Crippen LogP) is 3.48. The van der Waals surface area contributed by atoms with E-state index in [1.807, 2.05) is 25.1 Å². The topological polar surface area (TPSA) is 68.9 Å². The Morgan fingerprint density at radius 1 is 1.42 bits per heavy atom. The first kappa shape index (κ1) is 21.0. The van der Waals surface area contributed by atoms with Gasteiger partial charge in [0.1, 0.15) is 5.75 Å². The Morgan fingerprint density at radius 2 is 2.17 bits per heavy atom. The van der Waals surface area contributed by atoms with Crippen molar-refractivity contribution in [3.63, 3.8) is 0 Å². The molecule has 3 N–H and O–H groups in total. The molecule has 2 atom stereocenters. The number of benzene rings is 1. The highest BCUT2D eigenvalue weighted by Gasteiger charge is 2.21. The number of nitrogens with one attached hydrogen (secondary N) is 1. The number of fused-ring (bicyclic) bond motifs is 1. The second-order valence-corrected chi connectivity index (χ2v) is 6.17. The zero-order valence-corrected chi connectivity index (χ0v) is 17.2. The van der Waals surface area contributed by atoms with Crippen molar-refractivity contribution in [1.82, 2.24) is 5.32 Å². The lowest BCUT2D eigenvalue weighted by atomic mass is 10.0. The van der Waals surface area contributed by atoms with E-state index in [0.29, 0.717) is 25.0 Å². The Balaban J connectivity index is 0.00000288. The number of nitrogens with zero attached hydrogens (tertiary/aromatic N) is 1. The molecular formula is C18H30IN3O2. The van der Waals surface area contributed by atoms with Gasteiger partial charge in [-0.3, -0.25) is 4.99 Å². The van der Waals surface area contributed by atoms with E-state index in [0.717, 1.165) is 30.8 Å². The van der Waals surface area contributed by atoms with E-state index in [9.17, 15) is 0 Å². The lowest BCUT2D eigenvalue weighted by Gasteiger charge is -2.27. The fourth-order valence-electron chi connectivity index (χ4n) is 2.85. The van der Waals surface area contributed by atoms with E-state index in [-0.39, 0.29) is 36.1 Å². The third-order valence-electron chi connectivity index (χ3n) is 4.10. The van der Waals surface area contributed by atoms with E-state index in [4.69, 9.17) is 15.2 Å². The molecule has 6 heteroatoms. The van der Waals surface area contributed by atoms with Crippen LogP contribution in [0, 0.1) is 5.92 Å². The maximum atomic E-state index is 6.06. The van der Waals surface area contributed by atoms with Crippen molar-refractivity contribution in [2.75, 3.05) is 19.8 Å². The van der Waals surface area contributed by atoms with Gasteiger partial charge < -0.3 is 20.5 Å². The minimum absolute atomic E-state index is 0. The molecule has 136 valence electrons. The molecule has 0 saturated heterocycles. The van der Waals surface area contributed by atoms with Crippen LogP contribution in [0.4, 0.5) is 0 Å². The average Bonchev–Trinajstić information content (AvgIpc) is 2.54. The van der Waals surface area contributed by atoms with Gasteiger partial charge in [0.2, 0.25) is 0 Å². The average molecular weight is 447 g/mol. The summed E-state index contributed by atoms with van der Waals surface area (Å²) in [6, 6.07) is 8.23. The Morgan fingerprint density at radius 3 is 2.88 bits per heavy atom. The molecule has 0 aliphatic carbocycles. The Hall–Kier alpha value is -1.02. The zero-order chi connectivity index (χ0) is 16.7. The summed E-state index contributed by atoms with van der Waals surface area (Å²) < 4.78 is 11.4. The molecule has 0 radical (unpaired) electrons. The Labute approximate surface area is 162 Å². The molecule has 0 fully saturated rings. The molecule has 24 heavy (non-hydrogen) atoms. The molecule has 0 saturated carbocycles. The highest BCUT2D eigenvalue weighted by Crippen LogP contribution is 2.31. The summed E-state index contributed by atoms with van der Waals surface area (Å²) in [7, 11) is 0. The first-order valence-corrected chi connectivity index (χ1v) is 8.51. The summed E-state index contributed by atoms with van der Waals surface area (Å²) in [5.74, 6) is 1.91. The minimum atomic E-state index is 0. The first-order valence-electron chi connectivity index (χ1n) is 8.51. The van der Waals surface area contributed by atoms with Crippen molar-refractivity contribution in [3.8, 4) is 5.75 Å². The molecule has 0 amide bonds. The minimum Gasteiger partial charge on any atom is -0.493 e. The van der Waals surface area contributed by atoms with Gasteiger partial charge in [0.15, 0.2) is 5.96 Å². The van der Waals surface area contributed by atoms with Crippen LogP contribution in [0.2, 0.25) is 0 Å². The molecule has 1 aliphatic rings. The van der Waals surface area contributed by atoms with E-state index in [2.05, 4.69) is 30.2 Å². The molecule has 0 spiro atoms. The van der Waals surface area contributed by atoms with Crippen molar-refractivity contribution in [2.24, 2.45) is 16.6 Å². The van der Waals surface area contributed by atoms with Crippen LogP contribution in [0.1, 0.15) is 45.2 Å². The molecule has 5 nitrogen and oxygen atoms in total. The normalized spacial score (nSPS) is 18.3. The number of hydrogen-bond donors (Lipinski definition) is 2. The maximum Gasteiger partial charge on any atom is 0.189 e. The van der Waals surface area contributed by atoms with Gasteiger partial charge in [-0.05, 0) is 25.3 Å². The van der Waals surface area contributed by atoms with Crippen LogP contribution in [-0.2, 0) is 4.74 Å². The summed E-state index contributed by atoms with van der Waals surface area (Å²) in [5.41, 5.74) is 7.20. The fraction of sp³-hybridized carbons (Fsp3) is 0.611. The van der Waals surface area contributed by atoms with E-state index < -0.39 is 0 Å². The van der Waals surface area contributed by atoms with Crippen LogP contribution >= 0.6 is 24.0 Å². The molecule has 0 bridgehead atoms. The summed E-state index contributed by atoms with van der Waals surface area (Å²) in [4.78, 5) is 4.46. The number of hydrogen-bond acceptors (Lipinski definition) is 3. The molecule has 2 rings (SSSR count). The lowest BCUT2D eigenvalue weighted by Crippen LogP contribution is -2.37. The smallest absolute Gasteiger partial charge is 0.189 e. The number of rotatable bonds is 7. The first-order chi connectivity index (χ1) is 11.1. The largest absolute Gasteiger partial charge is 0.493 e. The van der Waals surface area contributed by atoms with E-state index in [1.54, 1.807) is 0 Å². The summed E-state index contributed by atoms with van der Waals surface area (Å²) in [6.07, 6.45) is 2.01. The number of nitrogens with two attached hydrogens (primary N) is 1. The van der Waals surface area contributed by atoms with Crippen molar-refractivity contribution in [1.29, 1.82) is 0 Å². The molecule has 1 aromatic rings. The lowest BCUT2D eigenvalue weighted by molar-refractivity contribution is 0.0266. The Bertz CT molecular complexity index is 523.